The third-order valence-electron chi connectivity index (χ3n) is 8.76. The molecule has 5 heteroatoms. The van der Waals surface area contributed by atoms with Crippen molar-refractivity contribution in [2.45, 2.75) is 58.2 Å². The van der Waals surface area contributed by atoms with Gasteiger partial charge in [0.2, 0.25) is 0 Å². The zero-order valence-corrected chi connectivity index (χ0v) is 23.4. The van der Waals surface area contributed by atoms with Crippen molar-refractivity contribution >= 4 is 29.6 Å². The van der Waals surface area contributed by atoms with Crippen molar-refractivity contribution in [3.05, 3.63) is 108 Å². The summed E-state index contributed by atoms with van der Waals surface area (Å²) in [5.74, 6) is 0. The van der Waals surface area contributed by atoms with Crippen LogP contribution in [0.1, 0.15) is 58.2 Å². The van der Waals surface area contributed by atoms with Gasteiger partial charge in [0.25, 0.3) is 0 Å². The second-order valence-electron chi connectivity index (χ2n) is 12.1. The van der Waals surface area contributed by atoms with Gasteiger partial charge >= 0.3 is 7.12 Å². The molecule has 194 valence electrons. The van der Waals surface area contributed by atoms with Crippen molar-refractivity contribution in [1.29, 1.82) is 5.26 Å². The Hall–Kier alpha value is -3.85. The number of fused-ring (bicyclic) bond motifs is 3. The maximum atomic E-state index is 9.37. The van der Waals surface area contributed by atoms with E-state index in [1.54, 1.807) is 0 Å². The summed E-state index contributed by atoms with van der Waals surface area (Å²) in [7, 11) is -0.410. The van der Waals surface area contributed by atoms with Gasteiger partial charge < -0.3 is 14.2 Å². The molecule has 39 heavy (non-hydrogen) atoms. The highest BCUT2D eigenvalue weighted by Gasteiger charge is 2.51. The maximum Gasteiger partial charge on any atom is 0.494 e. The van der Waals surface area contributed by atoms with E-state index in [0.717, 1.165) is 22.5 Å². The van der Waals surface area contributed by atoms with Crippen LogP contribution >= 0.6 is 0 Å². The molecule has 0 amide bonds. The normalized spacial score (nSPS) is 17.8. The molecule has 4 aromatic carbocycles. The third-order valence-corrected chi connectivity index (χ3v) is 8.76. The molecule has 0 bridgehead atoms. The van der Waals surface area contributed by atoms with Crippen molar-refractivity contribution in [3.63, 3.8) is 0 Å². The molecule has 0 N–H and O–H groups in total. The summed E-state index contributed by atoms with van der Waals surface area (Å²) in [6.45, 7) is 12.9. The second-order valence-corrected chi connectivity index (χ2v) is 12.1. The van der Waals surface area contributed by atoms with Crippen LogP contribution in [0.5, 0.6) is 0 Å². The Kier molecular flexibility index (Phi) is 5.77. The monoisotopic (exact) mass is 512 g/mol. The minimum Gasteiger partial charge on any atom is -0.399 e. The summed E-state index contributed by atoms with van der Waals surface area (Å²) in [5, 5.41) is 9.37. The third kappa shape index (κ3) is 4.07. The summed E-state index contributed by atoms with van der Waals surface area (Å²) < 4.78 is 12.6. The van der Waals surface area contributed by atoms with E-state index in [1.165, 1.54) is 22.3 Å². The number of nitrogens with zero attached hydrogens (tertiary/aromatic N) is 2. The van der Waals surface area contributed by atoms with Crippen LogP contribution in [-0.2, 0) is 14.7 Å². The number of nitriles is 1. The van der Waals surface area contributed by atoms with Crippen molar-refractivity contribution in [1.82, 2.24) is 0 Å². The lowest BCUT2D eigenvalue weighted by Gasteiger charge is -2.32. The first-order valence-electron chi connectivity index (χ1n) is 13.5. The molecule has 1 aliphatic heterocycles. The van der Waals surface area contributed by atoms with Crippen LogP contribution in [0, 0.1) is 11.3 Å². The fourth-order valence-corrected chi connectivity index (χ4v) is 5.72. The molecule has 1 fully saturated rings. The molecular weight excluding hydrogens is 479 g/mol. The van der Waals surface area contributed by atoms with Gasteiger partial charge in [0, 0.05) is 22.5 Å². The smallest absolute Gasteiger partial charge is 0.399 e. The Bertz CT molecular complexity index is 1580. The van der Waals surface area contributed by atoms with Crippen LogP contribution in [0.25, 0.3) is 11.1 Å². The van der Waals surface area contributed by atoms with Crippen molar-refractivity contribution in [3.8, 4) is 17.2 Å². The SMILES string of the molecule is CC1(C)c2ccccc2-c2ccc(N(c3ccc(C#N)cc3)c3ccc(B4OC(C)(C)C(C)(C)O4)cc3)cc21. The summed E-state index contributed by atoms with van der Waals surface area (Å²) in [6.07, 6.45) is 0. The number of hydrogen-bond donors (Lipinski definition) is 0. The molecule has 1 heterocycles. The Morgan fingerprint density at radius 3 is 1.79 bits per heavy atom. The van der Waals surface area contributed by atoms with Crippen LogP contribution in [0.15, 0.2) is 91.0 Å². The number of rotatable bonds is 4. The Morgan fingerprint density at radius 1 is 0.641 bits per heavy atom. The lowest BCUT2D eigenvalue weighted by Crippen LogP contribution is -2.41. The van der Waals surface area contributed by atoms with Crippen LogP contribution in [0.2, 0.25) is 0 Å². The molecule has 4 nitrogen and oxygen atoms in total. The number of benzene rings is 4. The lowest BCUT2D eigenvalue weighted by molar-refractivity contribution is 0.00578. The molecule has 0 unspecified atom stereocenters. The van der Waals surface area contributed by atoms with Gasteiger partial charge in [0.1, 0.15) is 0 Å². The Labute approximate surface area is 232 Å². The van der Waals surface area contributed by atoms with Gasteiger partial charge in [0.15, 0.2) is 0 Å². The molecule has 6 rings (SSSR count). The first kappa shape index (κ1) is 25.4. The maximum absolute atomic E-state index is 9.37. The molecule has 1 saturated heterocycles. The van der Waals surface area contributed by atoms with Crippen molar-refractivity contribution in [2.75, 3.05) is 4.90 Å². The highest BCUT2D eigenvalue weighted by molar-refractivity contribution is 6.62. The second kappa shape index (κ2) is 8.84. The van der Waals surface area contributed by atoms with Crippen LogP contribution in [-0.4, -0.2) is 18.3 Å². The molecular formula is C34H33BN2O2. The highest BCUT2D eigenvalue weighted by Crippen LogP contribution is 2.50. The summed E-state index contributed by atoms with van der Waals surface area (Å²) in [4.78, 5) is 2.24. The zero-order chi connectivity index (χ0) is 27.6. The minimum atomic E-state index is -0.410. The van der Waals surface area contributed by atoms with E-state index in [2.05, 4.69) is 119 Å². The summed E-state index contributed by atoms with van der Waals surface area (Å²) >= 11 is 0. The standard InChI is InChI=1S/C34H33BN2O2/c1-32(2)30-10-8-7-9-28(30)29-20-19-27(21-31(29)32)37(25-15-11-23(22-36)12-16-25)26-17-13-24(14-18-26)35-38-33(3,4)34(5,6)39-35/h7-21H,1-6H3. The lowest BCUT2D eigenvalue weighted by atomic mass is 9.79. The molecule has 4 aromatic rings. The molecule has 0 atom stereocenters. The van der Waals surface area contributed by atoms with Crippen LogP contribution in [0.4, 0.5) is 17.1 Å². The van der Waals surface area contributed by atoms with E-state index in [-0.39, 0.29) is 16.6 Å². The van der Waals surface area contributed by atoms with Gasteiger partial charge in [-0.25, -0.2) is 0 Å². The molecule has 2 aliphatic rings. The van der Waals surface area contributed by atoms with E-state index in [9.17, 15) is 5.26 Å². The first-order chi connectivity index (χ1) is 18.5. The van der Waals surface area contributed by atoms with Gasteiger partial charge in [-0.05, 0) is 104 Å². The average molecular weight is 512 g/mol. The van der Waals surface area contributed by atoms with Crippen LogP contribution in [0.3, 0.4) is 0 Å². The summed E-state index contributed by atoms with van der Waals surface area (Å²) in [6, 6.07) is 33.8. The molecule has 0 radical (unpaired) electrons. The van der Waals surface area contributed by atoms with E-state index in [0.29, 0.717) is 5.56 Å². The average Bonchev–Trinajstić information content (AvgIpc) is 3.29. The fourth-order valence-electron chi connectivity index (χ4n) is 5.72. The molecule has 0 aromatic heterocycles. The van der Waals surface area contributed by atoms with Gasteiger partial charge in [0.05, 0.1) is 22.8 Å². The molecule has 0 saturated carbocycles. The van der Waals surface area contributed by atoms with E-state index >= 15 is 0 Å². The quantitative estimate of drug-likeness (QED) is 0.264. The summed E-state index contributed by atoms with van der Waals surface area (Å²) in [5.41, 5.74) is 9.10. The van der Waals surface area contributed by atoms with Gasteiger partial charge in [-0.3, -0.25) is 0 Å². The van der Waals surface area contributed by atoms with Gasteiger partial charge in [-0.2, -0.15) is 5.26 Å². The highest BCUT2D eigenvalue weighted by atomic mass is 16.7. The topological polar surface area (TPSA) is 45.5 Å². The minimum absolute atomic E-state index is 0.0983. The van der Waals surface area contributed by atoms with Crippen molar-refractivity contribution < 1.29 is 9.31 Å². The Balaban J connectivity index is 1.42. The van der Waals surface area contributed by atoms with E-state index in [1.807, 2.05) is 24.3 Å². The number of hydrogen-bond acceptors (Lipinski definition) is 4. The Morgan fingerprint density at radius 2 is 1.18 bits per heavy atom. The fraction of sp³-hybridized carbons (Fsp3) is 0.265. The van der Waals surface area contributed by atoms with Crippen molar-refractivity contribution in [2.24, 2.45) is 0 Å². The molecule has 1 aliphatic carbocycles. The largest absolute Gasteiger partial charge is 0.494 e. The number of anilines is 3. The predicted octanol–water partition coefficient (Wildman–Crippen LogP) is 7.63. The van der Waals surface area contributed by atoms with Gasteiger partial charge in [-0.15, -0.1) is 0 Å². The van der Waals surface area contributed by atoms with Gasteiger partial charge in [-0.1, -0.05) is 56.3 Å². The van der Waals surface area contributed by atoms with E-state index < -0.39 is 7.12 Å². The first-order valence-corrected chi connectivity index (χ1v) is 13.5. The van der Waals surface area contributed by atoms with E-state index in [4.69, 9.17) is 9.31 Å². The van der Waals surface area contributed by atoms with Crippen LogP contribution < -0.4 is 10.4 Å². The zero-order valence-electron chi connectivity index (χ0n) is 23.4. The molecule has 0 spiro atoms. The predicted molar refractivity (Wildman–Crippen MR) is 159 cm³/mol.